The summed E-state index contributed by atoms with van der Waals surface area (Å²) in [6.07, 6.45) is -11.9. The van der Waals surface area contributed by atoms with Gasteiger partial charge in [0, 0.05) is 38.5 Å². The molecule has 16 heteroatoms. The fourth-order valence-corrected chi connectivity index (χ4v) is 6.90. The number of aliphatic hydroxyl groups is 4. The van der Waals surface area contributed by atoms with E-state index in [2.05, 4.69) is 0 Å². The number of carbonyl (C=O) groups excluding carboxylic acids is 3. The van der Waals surface area contributed by atoms with E-state index in [0.717, 1.165) is 0 Å². The van der Waals surface area contributed by atoms with Gasteiger partial charge in [0.05, 0.1) is 35.9 Å². The highest BCUT2D eigenvalue weighted by Crippen LogP contribution is 2.46. The standard InChI is InChI=1S/C37H52O16/c1-9-26(40)50-18(5)32(43)35(46)37(48-8)22-11-20-10-21-12-24(15(2)30(41)28(21)33(44)29(20)34(45)36(22)47-7)53-27-13-25(31(42)17(4)51-27)52-19(6)49-16(3)23(39)14-38/h10,12,16-19,22-23,25,27,31-32,36-39,41-44H,9,11,13-14H2,1-8H3/t16?,17?,18-,19?,22-,23+,25?,27+,31-,32+,36+,37+/m1/s1. The van der Waals surface area contributed by atoms with Crippen molar-refractivity contribution in [3.05, 3.63) is 28.8 Å². The number of ether oxygens (including phenoxy) is 7. The molecule has 53 heavy (non-hydrogen) atoms. The zero-order valence-electron chi connectivity index (χ0n) is 31.2. The van der Waals surface area contributed by atoms with Crippen molar-refractivity contribution in [2.45, 2.75) is 128 Å². The molecule has 4 rings (SSSR count). The summed E-state index contributed by atoms with van der Waals surface area (Å²) in [7, 11) is 2.51. The topological polar surface area (TPSA) is 237 Å². The molecule has 1 saturated heterocycles. The molecule has 1 fully saturated rings. The van der Waals surface area contributed by atoms with Crippen LogP contribution in [-0.2, 0) is 44.4 Å². The normalized spacial score (nSPS) is 26.6. The van der Waals surface area contributed by atoms with Crippen molar-refractivity contribution >= 4 is 28.3 Å². The van der Waals surface area contributed by atoms with Gasteiger partial charge in [0.2, 0.25) is 6.29 Å². The first-order valence-corrected chi connectivity index (χ1v) is 17.6. The van der Waals surface area contributed by atoms with E-state index in [9.17, 15) is 45.0 Å². The SMILES string of the molecule is CCC(=O)O[C@H](C)[C@H](O)C(=O)[C@@H](OC)[C@@H]1Cc2cc3cc(O[C@H]4CC(OC(C)OC(C)[C@@H](O)CO)[C@H](O)C(C)O4)c(C)c(O)c3c(O)c2C(=O)[C@H]1OC. The molecule has 4 unspecified atom stereocenters. The van der Waals surface area contributed by atoms with Crippen LogP contribution in [0.2, 0.25) is 0 Å². The summed E-state index contributed by atoms with van der Waals surface area (Å²) in [5.74, 6) is -3.76. The lowest BCUT2D eigenvalue weighted by Crippen LogP contribution is -2.52. The zero-order chi connectivity index (χ0) is 39.5. The predicted octanol–water partition coefficient (Wildman–Crippen LogP) is 1.58. The maximum absolute atomic E-state index is 13.9. The number of carbonyl (C=O) groups is 3. The van der Waals surface area contributed by atoms with Crippen LogP contribution in [0.1, 0.15) is 68.9 Å². The molecule has 2 aliphatic rings. The molecule has 6 N–H and O–H groups in total. The molecule has 1 aliphatic heterocycles. The largest absolute Gasteiger partial charge is 0.507 e. The van der Waals surface area contributed by atoms with E-state index < -0.39 is 103 Å². The quantitative estimate of drug-likeness (QED) is 0.105. The highest BCUT2D eigenvalue weighted by molar-refractivity contribution is 6.11. The van der Waals surface area contributed by atoms with Crippen molar-refractivity contribution in [2.75, 3.05) is 20.8 Å². The van der Waals surface area contributed by atoms with Gasteiger partial charge in [0.15, 0.2) is 24.0 Å². The van der Waals surface area contributed by atoms with Gasteiger partial charge in [0.25, 0.3) is 0 Å². The monoisotopic (exact) mass is 752 g/mol. The Morgan fingerprint density at radius 3 is 2.34 bits per heavy atom. The maximum atomic E-state index is 13.9. The summed E-state index contributed by atoms with van der Waals surface area (Å²) in [6, 6.07) is 3.13. The number of hydrogen-bond donors (Lipinski definition) is 6. The van der Waals surface area contributed by atoms with Crippen molar-refractivity contribution in [1.82, 2.24) is 0 Å². The molecule has 0 aromatic heterocycles. The number of esters is 1. The first-order valence-electron chi connectivity index (χ1n) is 17.6. The van der Waals surface area contributed by atoms with Gasteiger partial charge in [-0.15, -0.1) is 0 Å². The van der Waals surface area contributed by atoms with E-state index in [1.165, 1.54) is 21.1 Å². The average molecular weight is 753 g/mol. The highest BCUT2D eigenvalue weighted by atomic mass is 16.7. The third-order valence-electron chi connectivity index (χ3n) is 9.94. The Morgan fingerprint density at radius 1 is 1.06 bits per heavy atom. The Balaban J connectivity index is 1.64. The summed E-state index contributed by atoms with van der Waals surface area (Å²) in [4.78, 5) is 39.2. The van der Waals surface area contributed by atoms with Gasteiger partial charge < -0.3 is 63.8 Å². The number of aromatic hydroxyl groups is 2. The number of benzene rings is 2. The molecule has 1 aliphatic carbocycles. The summed E-state index contributed by atoms with van der Waals surface area (Å²) in [5, 5.41) is 63.7. The number of fused-ring (bicyclic) bond motifs is 2. The zero-order valence-corrected chi connectivity index (χ0v) is 31.2. The van der Waals surface area contributed by atoms with Crippen LogP contribution < -0.4 is 4.74 Å². The Kier molecular flexibility index (Phi) is 14.2. The molecule has 0 bridgehead atoms. The maximum Gasteiger partial charge on any atom is 0.305 e. The van der Waals surface area contributed by atoms with Gasteiger partial charge in [0.1, 0.15) is 47.8 Å². The summed E-state index contributed by atoms with van der Waals surface area (Å²) < 4.78 is 39.8. The fourth-order valence-electron chi connectivity index (χ4n) is 6.90. The van der Waals surface area contributed by atoms with Crippen molar-refractivity contribution in [3.8, 4) is 17.2 Å². The second-order valence-corrected chi connectivity index (χ2v) is 13.6. The molecule has 0 radical (unpaired) electrons. The lowest BCUT2D eigenvalue weighted by Gasteiger charge is -2.39. The van der Waals surface area contributed by atoms with Crippen LogP contribution in [0.3, 0.4) is 0 Å². The smallest absolute Gasteiger partial charge is 0.305 e. The van der Waals surface area contributed by atoms with E-state index in [1.807, 2.05) is 0 Å². The molecule has 16 nitrogen and oxygen atoms in total. The number of hydrogen-bond acceptors (Lipinski definition) is 16. The van der Waals surface area contributed by atoms with Crippen molar-refractivity contribution in [2.24, 2.45) is 5.92 Å². The minimum Gasteiger partial charge on any atom is -0.507 e. The Labute approximate surface area is 307 Å². The minimum absolute atomic E-state index is 0.0173. The Morgan fingerprint density at radius 2 is 1.74 bits per heavy atom. The molecule has 2 aromatic carbocycles. The number of phenols is 2. The Hall–Kier alpha value is -3.45. The number of ketones is 2. The first kappa shape index (κ1) is 42.3. The van der Waals surface area contributed by atoms with Crippen LogP contribution in [-0.4, -0.2) is 137 Å². The van der Waals surface area contributed by atoms with Crippen LogP contribution >= 0.6 is 0 Å². The van der Waals surface area contributed by atoms with E-state index in [4.69, 9.17) is 33.2 Å². The number of phenolic OH excluding ortho intramolecular Hbond substituents is 2. The van der Waals surface area contributed by atoms with Gasteiger partial charge in [-0.25, -0.2) is 0 Å². The van der Waals surface area contributed by atoms with Gasteiger partial charge in [-0.05, 0) is 64.1 Å². The van der Waals surface area contributed by atoms with Gasteiger partial charge in [-0.1, -0.05) is 6.92 Å². The van der Waals surface area contributed by atoms with Crippen LogP contribution in [0.15, 0.2) is 12.1 Å². The van der Waals surface area contributed by atoms with E-state index >= 15 is 0 Å². The molecule has 0 amide bonds. The molecule has 0 spiro atoms. The number of methoxy groups -OCH3 is 2. The number of Topliss-reactive ketones (excluding diaryl/α,β-unsaturated/α-hetero) is 2. The van der Waals surface area contributed by atoms with Crippen LogP contribution in [0, 0.1) is 12.8 Å². The van der Waals surface area contributed by atoms with Crippen LogP contribution in [0.4, 0.5) is 0 Å². The molecular weight excluding hydrogens is 700 g/mol. The van der Waals surface area contributed by atoms with Crippen LogP contribution in [0.25, 0.3) is 10.8 Å². The molecule has 12 atom stereocenters. The third kappa shape index (κ3) is 8.93. The summed E-state index contributed by atoms with van der Waals surface area (Å²) in [5.41, 5.74) is 0.432. The van der Waals surface area contributed by atoms with Gasteiger partial charge in [-0.3, -0.25) is 14.4 Å². The molecular formula is C37H52O16. The van der Waals surface area contributed by atoms with E-state index in [1.54, 1.807) is 46.8 Å². The first-order chi connectivity index (χ1) is 25.0. The van der Waals surface area contributed by atoms with Crippen LogP contribution in [0.5, 0.6) is 17.2 Å². The van der Waals surface area contributed by atoms with Crippen molar-refractivity contribution in [1.29, 1.82) is 0 Å². The highest BCUT2D eigenvalue weighted by Gasteiger charge is 2.47. The number of aliphatic hydroxyl groups excluding tert-OH is 4. The van der Waals surface area contributed by atoms with Crippen molar-refractivity contribution < 1.29 is 78.2 Å². The van der Waals surface area contributed by atoms with E-state index in [-0.39, 0.29) is 52.7 Å². The third-order valence-corrected chi connectivity index (χ3v) is 9.94. The molecule has 2 aromatic rings. The fraction of sp³-hybridized carbons (Fsp3) is 0.649. The molecule has 296 valence electrons. The lowest BCUT2D eigenvalue weighted by molar-refractivity contribution is -0.271. The van der Waals surface area contributed by atoms with E-state index in [0.29, 0.717) is 5.56 Å². The molecule has 0 saturated carbocycles. The second kappa shape index (κ2) is 17.8. The van der Waals surface area contributed by atoms with Gasteiger partial charge in [-0.2, -0.15) is 0 Å². The lowest BCUT2D eigenvalue weighted by atomic mass is 9.75. The average Bonchev–Trinajstić information content (AvgIpc) is 3.11. The summed E-state index contributed by atoms with van der Waals surface area (Å²) in [6.45, 7) is 8.78. The minimum atomic E-state index is -1.76. The predicted molar refractivity (Wildman–Crippen MR) is 186 cm³/mol. The van der Waals surface area contributed by atoms with Gasteiger partial charge >= 0.3 is 5.97 Å². The second-order valence-electron chi connectivity index (χ2n) is 13.6. The summed E-state index contributed by atoms with van der Waals surface area (Å²) >= 11 is 0. The molecule has 1 heterocycles. The number of rotatable bonds is 16. The Bertz CT molecular complexity index is 1630. The van der Waals surface area contributed by atoms with Crippen molar-refractivity contribution in [3.63, 3.8) is 0 Å².